The largest absolute Gasteiger partial charge is 0.462 e. The summed E-state index contributed by atoms with van der Waals surface area (Å²) in [7, 11) is 0. The molecular formula is C60H98O6. The van der Waals surface area contributed by atoms with Gasteiger partial charge in [-0.05, 0) is 89.9 Å². The molecule has 0 aromatic carbocycles. The number of rotatable bonds is 47. The van der Waals surface area contributed by atoms with Crippen molar-refractivity contribution in [3.8, 4) is 0 Å². The molecule has 0 aromatic rings. The molecule has 66 heavy (non-hydrogen) atoms. The third kappa shape index (κ3) is 51.1. The van der Waals surface area contributed by atoms with Gasteiger partial charge in [0, 0.05) is 19.3 Å². The molecule has 0 heterocycles. The normalized spacial score (nSPS) is 13.0. The molecule has 1 unspecified atom stereocenters. The van der Waals surface area contributed by atoms with E-state index in [4.69, 9.17) is 14.2 Å². The third-order valence-corrected chi connectivity index (χ3v) is 11.1. The highest BCUT2D eigenvalue weighted by Gasteiger charge is 2.19. The highest BCUT2D eigenvalue weighted by molar-refractivity contribution is 5.71. The lowest BCUT2D eigenvalue weighted by molar-refractivity contribution is -0.167. The van der Waals surface area contributed by atoms with Gasteiger partial charge < -0.3 is 14.2 Å². The number of carbonyl (C=O) groups is 3. The van der Waals surface area contributed by atoms with Crippen LogP contribution in [0.4, 0.5) is 0 Å². The SMILES string of the molecule is CC/C=C/C=C/C=C/C=C/C=C/CCCC(=O)OCC(COC(=O)CCCCCCC/C=C/CCCCCCCCCCC)OC(=O)CCC/C=C/C/C=C/C/C=C/CCCCCCCC. The number of esters is 3. The Hall–Kier alpha value is -3.93. The summed E-state index contributed by atoms with van der Waals surface area (Å²) in [5.74, 6) is -1.07. The monoisotopic (exact) mass is 915 g/mol. The van der Waals surface area contributed by atoms with Crippen LogP contribution >= 0.6 is 0 Å². The Bertz CT molecular complexity index is 1370. The van der Waals surface area contributed by atoms with E-state index < -0.39 is 6.10 Å². The molecule has 0 aliphatic carbocycles. The first-order valence-corrected chi connectivity index (χ1v) is 27.0. The zero-order valence-corrected chi connectivity index (χ0v) is 42.7. The maximum atomic E-state index is 12.8. The van der Waals surface area contributed by atoms with Gasteiger partial charge in [-0.25, -0.2) is 0 Å². The first-order chi connectivity index (χ1) is 32.5. The molecule has 0 rings (SSSR count). The molecule has 1 atom stereocenters. The van der Waals surface area contributed by atoms with Gasteiger partial charge in [0.1, 0.15) is 13.2 Å². The summed E-state index contributed by atoms with van der Waals surface area (Å²) in [6.07, 6.45) is 72.4. The van der Waals surface area contributed by atoms with Gasteiger partial charge >= 0.3 is 17.9 Å². The van der Waals surface area contributed by atoms with E-state index in [9.17, 15) is 14.4 Å². The average Bonchev–Trinajstić information content (AvgIpc) is 3.31. The lowest BCUT2D eigenvalue weighted by Crippen LogP contribution is -2.30. The smallest absolute Gasteiger partial charge is 0.306 e. The van der Waals surface area contributed by atoms with E-state index in [0.717, 1.165) is 64.2 Å². The molecule has 0 aliphatic heterocycles. The zero-order valence-electron chi connectivity index (χ0n) is 42.7. The van der Waals surface area contributed by atoms with E-state index in [1.165, 1.54) is 116 Å². The van der Waals surface area contributed by atoms with Crippen molar-refractivity contribution in [2.75, 3.05) is 13.2 Å². The topological polar surface area (TPSA) is 78.9 Å². The van der Waals surface area contributed by atoms with Crippen molar-refractivity contribution < 1.29 is 28.6 Å². The molecule has 0 spiro atoms. The summed E-state index contributed by atoms with van der Waals surface area (Å²) < 4.78 is 16.7. The van der Waals surface area contributed by atoms with Crippen molar-refractivity contribution in [1.82, 2.24) is 0 Å². The van der Waals surface area contributed by atoms with Crippen molar-refractivity contribution in [3.63, 3.8) is 0 Å². The van der Waals surface area contributed by atoms with Gasteiger partial charge in [-0.15, -0.1) is 0 Å². The molecule has 0 bridgehead atoms. The molecule has 6 nitrogen and oxygen atoms in total. The van der Waals surface area contributed by atoms with Crippen LogP contribution in [-0.2, 0) is 28.6 Å². The molecule has 0 saturated carbocycles. The van der Waals surface area contributed by atoms with Gasteiger partial charge in [-0.3, -0.25) is 14.4 Å². The van der Waals surface area contributed by atoms with E-state index in [1.807, 2.05) is 54.7 Å². The van der Waals surface area contributed by atoms with Crippen molar-refractivity contribution in [2.45, 2.75) is 239 Å². The Kier molecular flexibility index (Phi) is 50.5. The van der Waals surface area contributed by atoms with Crippen LogP contribution in [0.5, 0.6) is 0 Å². The molecule has 0 saturated heterocycles. The summed E-state index contributed by atoms with van der Waals surface area (Å²) in [5.41, 5.74) is 0. The molecule has 0 fully saturated rings. The van der Waals surface area contributed by atoms with Crippen LogP contribution in [0.15, 0.2) is 109 Å². The number of hydrogen-bond acceptors (Lipinski definition) is 6. The van der Waals surface area contributed by atoms with Crippen molar-refractivity contribution >= 4 is 17.9 Å². The van der Waals surface area contributed by atoms with Crippen molar-refractivity contribution in [1.29, 1.82) is 0 Å². The Balaban J connectivity index is 4.55. The predicted molar refractivity (Wildman–Crippen MR) is 283 cm³/mol. The van der Waals surface area contributed by atoms with Crippen LogP contribution in [0, 0.1) is 0 Å². The van der Waals surface area contributed by atoms with Crippen LogP contribution in [-0.4, -0.2) is 37.2 Å². The summed E-state index contributed by atoms with van der Waals surface area (Å²) in [6, 6.07) is 0. The minimum Gasteiger partial charge on any atom is -0.462 e. The quantitative estimate of drug-likeness (QED) is 0.0199. The highest BCUT2D eigenvalue weighted by atomic mass is 16.6. The van der Waals surface area contributed by atoms with E-state index >= 15 is 0 Å². The summed E-state index contributed by atoms with van der Waals surface area (Å²) in [5, 5.41) is 0. The number of carbonyl (C=O) groups excluding carboxylic acids is 3. The Labute approximate surface area is 406 Å². The molecule has 0 amide bonds. The zero-order chi connectivity index (χ0) is 47.9. The third-order valence-electron chi connectivity index (χ3n) is 11.1. The average molecular weight is 915 g/mol. The van der Waals surface area contributed by atoms with Crippen LogP contribution < -0.4 is 0 Å². The fourth-order valence-electron chi connectivity index (χ4n) is 7.07. The molecule has 0 N–H and O–H groups in total. The Morgan fingerprint density at radius 1 is 0.333 bits per heavy atom. The van der Waals surface area contributed by atoms with Crippen LogP contribution in [0.1, 0.15) is 233 Å². The van der Waals surface area contributed by atoms with Crippen molar-refractivity contribution in [3.05, 3.63) is 109 Å². The second-order valence-corrected chi connectivity index (χ2v) is 17.5. The molecule has 0 aliphatic rings. The van der Waals surface area contributed by atoms with Gasteiger partial charge in [-0.1, -0.05) is 233 Å². The van der Waals surface area contributed by atoms with E-state index in [2.05, 4.69) is 75.5 Å². The molecule has 0 aromatic heterocycles. The Morgan fingerprint density at radius 3 is 1.14 bits per heavy atom. The molecule has 374 valence electrons. The van der Waals surface area contributed by atoms with Crippen LogP contribution in [0.3, 0.4) is 0 Å². The first kappa shape index (κ1) is 62.1. The maximum Gasteiger partial charge on any atom is 0.306 e. The predicted octanol–water partition coefficient (Wildman–Crippen LogP) is 17.9. The second kappa shape index (κ2) is 53.7. The number of allylic oxidation sites excluding steroid dienone is 18. The van der Waals surface area contributed by atoms with E-state index in [0.29, 0.717) is 19.3 Å². The lowest BCUT2D eigenvalue weighted by Gasteiger charge is -2.18. The van der Waals surface area contributed by atoms with E-state index in [-0.39, 0.29) is 44.0 Å². The van der Waals surface area contributed by atoms with Crippen molar-refractivity contribution in [2.24, 2.45) is 0 Å². The van der Waals surface area contributed by atoms with E-state index in [1.54, 1.807) is 0 Å². The summed E-state index contributed by atoms with van der Waals surface area (Å²) >= 11 is 0. The fourth-order valence-corrected chi connectivity index (χ4v) is 7.07. The molecule has 6 heteroatoms. The number of hydrogen-bond donors (Lipinski definition) is 0. The van der Waals surface area contributed by atoms with Gasteiger partial charge in [0.25, 0.3) is 0 Å². The number of ether oxygens (including phenoxy) is 3. The second-order valence-electron chi connectivity index (χ2n) is 17.5. The van der Waals surface area contributed by atoms with Gasteiger partial charge in [0.15, 0.2) is 6.10 Å². The molecular weight excluding hydrogens is 817 g/mol. The summed E-state index contributed by atoms with van der Waals surface area (Å²) in [6.45, 7) is 6.37. The van der Waals surface area contributed by atoms with Gasteiger partial charge in [0.2, 0.25) is 0 Å². The Morgan fingerprint density at radius 2 is 0.667 bits per heavy atom. The standard InChI is InChI=1S/C60H98O6/c1-4-7-10-13-16-19-22-25-27-29-31-32-35-38-41-44-47-50-53-59(62)65-56-57(55-64-58(61)52-49-46-43-40-37-34-24-21-18-15-12-9-6-3)66-60(63)54-51-48-45-42-39-36-33-30-28-26-23-20-17-14-11-8-5-2/h9,12,15,18,21,24,26,28,31-34,36-37,40,42-43,45,57H,4-8,10-11,13-14,16-17,19-20,22-23,25,27,29-30,35,38-39,41,44,46-56H2,1-3H3/b12-9+,18-15+,24-21+,28-26+,32-31+,36-33+,37-34+,43-40+,45-42+. The highest BCUT2D eigenvalue weighted by Crippen LogP contribution is 2.13. The lowest BCUT2D eigenvalue weighted by atomic mass is 10.1. The molecule has 0 radical (unpaired) electrons. The fraction of sp³-hybridized carbons (Fsp3) is 0.650. The minimum absolute atomic E-state index is 0.127. The van der Waals surface area contributed by atoms with Gasteiger partial charge in [-0.2, -0.15) is 0 Å². The maximum absolute atomic E-state index is 12.8. The first-order valence-electron chi connectivity index (χ1n) is 27.0. The number of unbranched alkanes of at least 4 members (excludes halogenated alkanes) is 22. The summed E-state index contributed by atoms with van der Waals surface area (Å²) in [4.78, 5) is 38.0. The van der Waals surface area contributed by atoms with Crippen LogP contribution in [0.25, 0.3) is 0 Å². The van der Waals surface area contributed by atoms with Crippen LogP contribution in [0.2, 0.25) is 0 Å². The minimum atomic E-state index is -0.838. The van der Waals surface area contributed by atoms with Gasteiger partial charge in [0.05, 0.1) is 0 Å².